The van der Waals surface area contributed by atoms with Gasteiger partial charge in [-0.15, -0.1) is 0 Å². The van der Waals surface area contributed by atoms with Crippen molar-refractivity contribution in [3.05, 3.63) is 71.7 Å². The lowest BCUT2D eigenvalue weighted by Crippen LogP contribution is -2.61. The average Bonchev–Trinajstić information content (AvgIpc) is 3.92. The van der Waals surface area contributed by atoms with Crippen molar-refractivity contribution in [2.75, 3.05) is 65.0 Å². The number of ether oxygens (including phenoxy) is 3. The number of aryl methyl sites for hydroxylation is 1. The topological polar surface area (TPSA) is 168 Å². The second kappa shape index (κ2) is 18.1. The number of nitrogens with one attached hydrogen (secondary N) is 2. The number of hydrazine groups is 1. The van der Waals surface area contributed by atoms with E-state index in [-0.39, 0.29) is 43.0 Å². The molecule has 1 aromatic carbocycles. The molecule has 16 heteroatoms. The number of esters is 1. The first kappa shape index (κ1) is 45.0. The number of rotatable bonds is 7. The molecule has 2 N–H and O–H groups in total. The minimum Gasteiger partial charge on any atom is -0.464 e. The molecule has 6 bridgehead atoms. The van der Waals surface area contributed by atoms with Gasteiger partial charge in [-0.05, 0) is 87.6 Å². The van der Waals surface area contributed by atoms with Crippen LogP contribution in [0.1, 0.15) is 83.6 Å². The van der Waals surface area contributed by atoms with E-state index in [1.807, 2.05) is 6.07 Å². The summed E-state index contributed by atoms with van der Waals surface area (Å²) in [6.07, 6.45) is 3.70. The van der Waals surface area contributed by atoms with Crippen molar-refractivity contribution < 1.29 is 38.2 Å². The van der Waals surface area contributed by atoms with Gasteiger partial charge in [-0.2, -0.15) is 0 Å². The molecule has 0 saturated carbocycles. The number of allylic oxidation sites excluding steroid dienone is 1. The van der Waals surface area contributed by atoms with Crippen LogP contribution in [0.3, 0.4) is 0 Å². The van der Waals surface area contributed by atoms with Gasteiger partial charge in [0.05, 0.1) is 36.6 Å². The van der Waals surface area contributed by atoms with Gasteiger partial charge < -0.3 is 38.8 Å². The molecule has 64 heavy (non-hydrogen) atoms. The Kier molecular flexibility index (Phi) is 12.7. The van der Waals surface area contributed by atoms with Gasteiger partial charge in [0.15, 0.2) is 0 Å². The normalized spacial score (nSPS) is 25.5. The van der Waals surface area contributed by atoms with Gasteiger partial charge in [0.1, 0.15) is 23.9 Å². The second-order valence-electron chi connectivity index (χ2n) is 18.6. The summed E-state index contributed by atoms with van der Waals surface area (Å²) in [4.78, 5) is 79.4. The Labute approximate surface area is 374 Å². The zero-order valence-corrected chi connectivity index (χ0v) is 38.1. The fourth-order valence-corrected chi connectivity index (χ4v) is 10.6. The van der Waals surface area contributed by atoms with Crippen LogP contribution in [0.5, 0.6) is 0 Å². The lowest BCUT2D eigenvalue weighted by atomic mass is 9.67. The fraction of sp³-hybridized carbons (Fsp3) is 0.542. The molecule has 4 aliphatic heterocycles. The highest BCUT2D eigenvalue weighted by Crippen LogP contribution is 2.57. The van der Waals surface area contributed by atoms with Gasteiger partial charge in [-0.1, -0.05) is 20.4 Å². The predicted octanol–water partition coefficient (Wildman–Crippen LogP) is 4.45. The van der Waals surface area contributed by atoms with Crippen molar-refractivity contribution in [2.24, 2.45) is 11.3 Å². The zero-order valence-electron chi connectivity index (χ0n) is 38.1. The van der Waals surface area contributed by atoms with E-state index >= 15 is 0 Å². The first-order valence-corrected chi connectivity index (χ1v) is 22.6. The number of carbonyl (C=O) groups is 5. The van der Waals surface area contributed by atoms with Gasteiger partial charge in [0.25, 0.3) is 11.8 Å². The van der Waals surface area contributed by atoms with Crippen LogP contribution >= 0.6 is 0 Å². The van der Waals surface area contributed by atoms with Crippen LogP contribution in [-0.2, 0) is 44.7 Å². The van der Waals surface area contributed by atoms with Gasteiger partial charge in [-0.3, -0.25) is 34.0 Å². The summed E-state index contributed by atoms with van der Waals surface area (Å²) < 4.78 is 21.3. The molecular weight excluding hydrogens is 817 g/mol. The first-order valence-electron chi connectivity index (χ1n) is 22.6. The predicted molar refractivity (Wildman–Crippen MR) is 240 cm³/mol. The van der Waals surface area contributed by atoms with E-state index in [0.717, 1.165) is 45.6 Å². The number of nitrogens with zero attached hydrogens (tertiary/aromatic N) is 6. The molecule has 5 aliphatic rings. The molecule has 6 heterocycles. The molecule has 3 saturated heterocycles. The smallest absolute Gasteiger partial charge is 0.324 e. The quantitative estimate of drug-likeness (QED) is 0.254. The summed E-state index contributed by atoms with van der Waals surface area (Å²) in [5.41, 5.74) is 9.36. The van der Waals surface area contributed by atoms with Crippen LogP contribution in [0.4, 0.5) is 5.69 Å². The highest BCUT2D eigenvalue weighted by atomic mass is 16.5. The van der Waals surface area contributed by atoms with Crippen LogP contribution in [0.2, 0.25) is 0 Å². The Bertz CT molecular complexity index is 2390. The molecule has 6 atom stereocenters. The van der Waals surface area contributed by atoms with Crippen LogP contribution in [0.15, 0.2) is 60.5 Å². The maximum atomic E-state index is 14.7. The number of amides is 4. The molecule has 3 fully saturated rings. The fourth-order valence-electron chi connectivity index (χ4n) is 10.6. The lowest BCUT2D eigenvalue weighted by molar-refractivity contribution is -0.156. The summed E-state index contributed by atoms with van der Waals surface area (Å²) >= 11 is 0. The van der Waals surface area contributed by atoms with E-state index in [4.69, 9.17) is 19.2 Å². The van der Waals surface area contributed by atoms with Crippen LogP contribution < -0.4 is 15.6 Å². The Morgan fingerprint density at radius 3 is 2.64 bits per heavy atom. The molecule has 342 valence electrons. The third-order valence-corrected chi connectivity index (χ3v) is 13.8. The number of cyclic esters (lactones) is 1. The Hall–Kier alpha value is -5.58. The summed E-state index contributed by atoms with van der Waals surface area (Å²) in [6.45, 7) is 16.6. The van der Waals surface area contributed by atoms with E-state index in [1.54, 1.807) is 39.1 Å². The molecule has 2 aromatic heterocycles. The van der Waals surface area contributed by atoms with Gasteiger partial charge in [-0.25, -0.2) is 5.43 Å². The van der Waals surface area contributed by atoms with Crippen LogP contribution in [-0.4, -0.2) is 132 Å². The molecule has 0 spiro atoms. The summed E-state index contributed by atoms with van der Waals surface area (Å²) in [5, 5.41) is 5.49. The highest BCUT2D eigenvalue weighted by molar-refractivity contribution is 6.01. The maximum absolute atomic E-state index is 14.7. The number of carbonyl (C=O) groups excluding carboxylic acids is 5. The van der Waals surface area contributed by atoms with E-state index in [9.17, 15) is 24.0 Å². The summed E-state index contributed by atoms with van der Waals surface area (Å²) in [7, 11) is 3.26. The third kappa shape index (κ3) is 8.19. The molecule has 8 rings (SSSR count). The zero-order chi connectivity index (χ0) is 45.6. The lowest BCUT2D eigenvalue weighted by Gasteiger charge is -2.42. The summed E-state index contributed by atoms with van der Waals surface area (Å²) in [6, 6.07) is 8.71. The number of benzene rings is 1. The second-order valence-corrected chi connectivity index (χ2v) is 18.6. The summed E-state index contributed by atoms with van der Waals surface area (Å²) in [5.74, 6) is -2.79. The molecular formula is C48H62N8O8. The number of hydrogen-bond acceptors (Lipinski definition) is 11. The highest BCUT2D eigenvalue weighted by Gasteiger charge is 2.48. The molecule has 3 aromatic rings. The molecule has 1 unspecified atom stereocenters. The molecule has 16 nitrogen and oxygen atoms in total. The maximum Gasteiger partial charge on any atom is 0.324 e. The minimum absolute atomic E-state index is 0.0770. The van der Waals surface area contributed by atoms with Crippen molar-refractivity contribution in [2.45, 2.75) is 97.1 Å². The number of morpholine rings is 1. The van der Waals surface area contributed by atoms with E-state index in [1.165, 1.54) is 16.0 Å². The number of methoxy groups -OCH3 is 1. The SMILES string of the molecule is C=CC(=O)N1CC[C@H](C(=O)N(C)C(C(=O)N[C@H]2C[C@H]3CN(CCO3)c3ccc4c(c3)c3c(n4CC)-c4cccnc4[C@@H](OC)C3C(C)(C)COC(=O)[C@@H]3CCCN(N3)C2=O)=C(C)C)C1. The van der Waals surface area contributed by atoms with Crippen molar-refractivity contribution in [1.82, 2.24) is 35.1 Å². The number of aromatic nitrogens is 2. The number of hydrogen-bond donors (Lipinski definition) is 2. The van der Waals surface area contributed by atoms with E-state index in [2.05, 4.69) is 71.8 Å². The first-order chi connectivity index (χ1) is 30.7. The van der Waals surface area contributed by atoms with Crippen molar-refractivity contribution in [3.63, 3.8) is 0 Å². The monoisotopic (exact) mass is 878 g/mol. The van der Waals surface area contributed by atoms with Gasteiger partial charge in [0.2, 0.25) is 11.8 Å². The standard InChI is InChI=1S/C48H62N8O8/c1-9-37(57)54-20-17-29(25-54)45(59)52(7)41(28(3)4)44(58)50-35-24-31-26-53(21-22-63-31)30-15-16-36-33(23-30)38-39(43(62-8)40-32(13-11-18-49-40)42(38)55(36)10-2)48(5,6)27-64-47(61)34-14-12-19-56(51-34)46(35)60/h9,11,13,15-16,18,23,29,31,34-35,39,43,51H,1,10,12,14,17,19-22,24-27H2,2-8H3,(H,50,58)/t29-,31-,34-,35-,39?,43-/m0/s1. The Morgan fingerprint density at radius 2 is 1.91 bits per heavy atom. The van der Waals surface area contributed by atoms with Gasteiger partial charge in [0, 0.05) is 99.5 Å². The van der Waals surface area contributed by atoms with Crippen LogP contribution in [0, 0.1) is 11.3 Å². The number of pyridine rings is 1. The Balaban J connectivity index is 1.16. The third-order valence-electron chi connectivity index (χ3n) is 13.8. The van der Waals surface area contributed by atoms with Crippen molar-refractivity contribution >= 4 is 46.2 Å². The van der Waals surface area contributed by atoms with Crippen LogP contribution in [0.25, 0.3) is 22.2 Å². The molecule has 4 amide bonds. The number of fused-ring (bicyclic) bond motifs is 8. The molecule has 1 aliphatic carbocycles. The molecule has 0 radical (unpaired) electrons. The largest absolute Gasteiger partial charge is 0.464 e. The minimum atomic E-state index is -1.09. The average molecular weight is 879 g/mol. The van der Waals surface area contributed by atoms with Gasteiger partial charge >= 0.3 is 5.97 Å². The number of likely N-dealkylation sites (tertiary alicyclic amines) is 1. The van der Waals surface area contributed by atoms with E-state index in [0.29, 0.717) is 57.6 Å². The van der Waals surface area contributed by atoms with Crippen molar-refractivity contribution in [1.29, 1.82) is 0 Å². The number of likely N-dealkylation sites (N-methyl/N-ethyl adjacent to an activating group) is 1. The van der Waals surface area contributed by atoms with E-state index < -0.39 is 53.4 Å². The Morgan fingerprint density at radius 1 is 1.11 bits per heavy atom. The number of anilines is 1. The van der Waals surface area contributed by atoms with Crippen molar-refractivity contribution in [3.8, 4) is 11.3 Å².